The van der Waals surface area contributed by atoms with Crippen LogP contribution in [0, 0.1) is 5.82 Å². The Labute approximate surface area is 168 Å². The molecule has 0 bridgehead atoms. The topological polar surface area (TPSA) is 78.7 Å². The molecule has 0 radical (unpaired) electrons. The molecule has 148 valence electrons. The summed E-state index contributed by atoms with van der Waals surface area (Å²) in [5, 5.41) is 1.83. The summed E-state index contributed by atoms with van der Waals surface area (Å²) in [5.74, 6) is -2.75. The third kappa shape index (κ3) is 4.67. The van der Waals surface area contributed by atoms with Gasteiger partial charge in [-0.1, -0.05) is 41.9 Å². The second kappa shape index (κ2) is 8.68. The summed E-state index contributed by atoms with van der Waals surface area (Å²) < 4.78 is 13.3. The lowest BCUT2D eigenvalue weighted by molar-refractivity contribution is -0.133. The first-order valence-corrected chi connectivity index (χ1v) is 9.31. The van der Waals surface area contributed by atoms with Gasteiger partial charge in [-0.25, -0.2) is 9.40 Å². The van der Waals surface area contributed by atoms with Crippen molar-refractivity contribution in [1.82, 2.24) is 15.3 Å². The van der Waals surface area contributed by atoms with Crippen LogP contribution in [0.4, 0.5) is 4.39 Å². The molecule has 3 rings (SSSR count). The molecular weight excluding hydrogens is 383 g/mol. The smallest absolute Gasteiger partial charge is 0.251 e. The van der Waals surface area contributed by atoms with Gasteiger partial charge in [-0.2, -0.15) is 0 Å². The van der Waals surface area contributed by atoms with Crippen LogP contribution in [0.1, 0.15) is 11.5 Å². The maximum absolute atomic E-state index is 13.3. The van der Waals surface area contributed by atoms with E-state index in [1.54, 1.807) is 35.3 Å². The zero-order valence-corrected chi connectivity index (χ0v) is 16.2. The fraction of sp³-hybridized carbons (Fsp3) is 0.300. The second-order valence-electron chi connectivity index (χ2n) is 6.85. The first-order valence-electron chi connectivity index (χ1n) is 8.94. The number of amides is 2. The van der Waals surface area contributed by atoms with Crippen LogP contribution in [0.25, 0.3) is 11.1 Å². The van der Waals surface area contributed by atoms with Gasteiger partial charge in [0.2, 0.25) is 5.91 Å². The Hall–Kier alpha value is -2.48. The number of nitrogens with one attached hydrogen (secondary N) is 1. The van der Waals surface area contributed by atoms with Crippen LogP contribution in [0.15, 0.2) is 42.5 Å². The molecular formula is C20H22ClFN4O2. The van der Waals surface area contributed by atoms with Gasteiger partial charge < -0.3 is 10.6 Å². The molecule has 1 aliphatic rings. The summed E-state index contributed by atoms with van der Waals surface area (Å²) in [6, 6.07) is 11.3. The van der Waals surface area contributed by atoms with E-state index < -0.39 is 23.5 Å². The molecule has 1 fully saturated rings. The summed E-state index contributed by atoms with van der Waals surface area (Å²) in [7, 11) is 2.02. The molecule has 1 heterocycles. The van der Waals surface area contributed by atoms with Crippen molar-refractivity contribution in [2.75, 3.05) is 33.2 Å². The summed E-state index contributed by atoms with van der Waals surface area (Å²) in [6.07, 6.45) is 0. The number of likely N-dealkylation sites (N-methyl/N-ethyl adjacent to an activating group) is 1. The van der Waals surface area contributed by atoms with Crippen LogP contribution in [0.2, 0.25) is 5.02 Å². The number of halogens is 2. The van der Waals surface area contributed by atoms with Crippen LogP contribution >= 0.6 is 11.6 Å². The Kier molecular flexibility index (Phi) is 6.28. The van der Waals surface area contributed by atoms with Gasteiger partial charge in [0.1, 0.15) is 11.7 Å². The van der Waals surface area contributed by atoms with Crippen LogP contribution in [0.3, 0.4) is 0 Å². The number of hydrogen-bond donors (Lipinski definition) is 2. The molecule has 1 unspecified atom stereocenters. The molecule has 1 aliphatic heterocycles. The molecule has 2 amide bonds. The van der Waals surface area contributed by atoms with E-state index in [4.69, 9.17) is 17.3 Å². The van der Waals surface area contributed by atoms with Crippen molar-refractivity contribution >= 4 is 23.4 Å². The first-order chi connectivity index (χ1) is 13.3. The molecule has 2 aromatic rings. The minimum Gasteiger partial charge on any atom is -0.369 e. The molecule has 1 atom stereocenters. The van der Waals surface area contributed by atoms with Crippen LogP contribution < -0.4 is 11.2 Å². The summed E-state index contributed by atoms with van der Waals surface area (Å²) in [6.45, 7) is 3.02. The summed E-state index contributed by atoms with van der Waals surface area (Å²) in [5.41, 5.74) is 10.3. The van der Waals surface area contributed by atoms with Crippen LogP contribution in [-0.4, -0.2) is 54.9 Å². The maximum Gasteiger partial charge on any atom is 0.251 e. The standard InChI is InChI=1S/C20H22ClFN4O2/c1-25-8-10-26(11-9-25)24-20(28)18(19(23)27)14-4-2-13(3-5-14)15-6-7-17(22)16(21)12-15/h2-7,12,18H,8-11H2,1H3,(H2,23,27)(H,24,28). The van der Waals surface area contributed by atoms with Crippen LogP contribution in [0.5, 0.6) is 0 Å². The maximum atomic E-state index is 13.3. The average molecular weight is 405 g/mol. The number of nitrogens with zero attached hydrogens (tertiary/aromatic N) is 2. The van der Waals surface area contributed by atoms with Gasteiger partial charge in [-0.05, 0) is 35.9 Å². The molecule has 8 heteroatoms. The molecule has 0 spiro atoms. The first kappa shape index (κ1) is 20.3. The number of carbonyl (C=O) groups is 2. The third-order valence-electron chi connectivity index (χ3n) is 4.82. The van der Waals surface area contributed by atoms with E-state index in [1.165, 1.54) is 12.1 Å². The van der Waals surface area contributed by atoms with Crippen molar-refractivity contribution in [2.24, 2.45) is 5.73 Å². The molecule has 2 aromatic carbocycles. The number of hydrazine groups is 1. The normalized spacial score (nSPS) is 16.5. The van der Waals surface area contributed by atoms with Crippen molar-refractivity contribution in [3.63, 3.8) is 0 Å². The minimum atomic E-state index is -1.09. The lowest BCUT2D eigenvalue weighted by Crippen LogP contribution is -2.54. The average Bonchev–Trinajstić information content (AvgIpc) is 2.66. The highest BCUT2D eigenvalue weighted by molar-refractivity contribution is 6.31. The third-order valence-corrected chi connectivity index (χ3v) is 5.10. The fourth-order valence-electron chi connectivity index (χ4n) is 3.13. The number of carbonyl (C=O) groups excluding carboxylic acids is 2. The van der Waals surface area contributed by atoms with Crippen LogP contribution in [-0.2, 0) is 9.59 Å². The van der Waals surface area contributed by atoms with Crippen molar-refractivity contribution in [1.29, 1.82) is 0 Å². The van der Waals surface area contributed by atoms with E-state index >= 15 is 0 Å². The van der Waals surface area contributed by atoms with Gasteiger partial charge in [0.25, 0.3) is 5.91 Å². The predicted octanol–water partition coefficient (Wildman–Crippen LogP) is 1.99. The number of primary amides is 1. The molecule has 0 aromatic heterocycles. The molecule has 0 aliphatic carbocycles. The molecule has 0 saturated carbocycles. The van der Waals surface area contributed by atoms with Gasteiger partial charge >= 0.3 is 0 Å². The lowest BCUT2D eigenvalue weighted by atomic mass is 9.95. The number of hydrogen-bond acceptors (Lipinski definition) is 4. The van der Waals surface area contributed by atoms with Crippen molar-refractivity contribution in [3.05, 3.63) is 58.9 Å². The van der Waals surface area contributed by atoms with E-state index in [-0.39, 0.29) is 5.02 Å². The summed E-state index contributed by atoms with van der Waals surface area (Å²) >= 11 is 5.83. The Morgan fingerprint density at radius 2 is 1.68 bits per heavy atom. The zero-order valence-electron chi connectivity index (χ0n) is 15.5. The fourth-order valence-corrected chi connectivity index (χ4v) is 3.31. The summed E-state index contributed by atoms with van der Waals surface area (Å²) in [4.78, 5) is 26.8. The number of nitrogens with two attached hydrogens (primary N) is 1. The lowest BCUT2D eigenvalue weighted by Gasteiger charge is -2.33. The SMILES string of the molecule is CN1CCN(NC(=O)C(C(N)=O)c2ccc(-c3ccc(F)c(Cl)c3)cc2)CC1. The van der Waals surface area contributed by atoms with Crippen molar-refractivity contribution in [2.45, 2.75) is 5.92 Å². The monoisotopic (exact) mass is 404 g/mol. The van der Waals surface area contributed by atoms with E-state index in [9.17, 15) is 14.0 Å². The largest absolute Gasteiger partial charge is 0.369 e. The molecule has 28 heavy (non-hydrogen) atoms. The zero-order chi connectivity index (χ0) is 20.3. The molecule has 6 nitrogen and oxygen atoms in total. The highest BCUT2D eigenvalue weighted by Crippen LogP contribution is 2.27. The predicted molar refractivity (Wildman–Crippen MR) is 106 cm³/mol. The highest BCUT2D eigenvalue weighted by atomic mass is 35.5. The van der Waals surface area contributed by atoms with Gasteiger partial charge in [-0.15, -0.1) is 0 Å². The quantitative estimate of drug-likeness (QED) is 0.747. The Morgan fingerprint density at radius 1 is 1.07 bits per heavy atom. The highest BCUT2D eigenvalue weighted by Gasteiger charge is 2.28. The number of benzene rings is 2. The van der Waals surface area contributed by atoms with E-state index in [0.29, 0.717) is 18.7 Å². The van der Waals surface area contributed by atoms with Gasteiger partial charge in [0, 0.05) is 26.2 Å². The molecule has 3 N–H and O–H groups in total. The molecule has 1 saturated heterocycles. The van der Waals surface area contributed by atoms with E-state index in [0.717, 1.165) is 24.2 Å². The van der Waals surface area contributed by atoms with Gasteiger partial charge in [0.15, 0.2) is 0 Å². The van der Waals surface area contributed by atoms with Gasteiger partial charge in [-0.3, -0.25) is 15.0 Å². The van der Waals surface area contributed by atoms with E-state index in [1.807, 2.05) is 7.05 Å². The number of piperazine rings is 1. The Morgan fingerprint density at radius 3 is 2.25 bits per heavy atom. The second-order valence-corrected chi connectivity index (χ2v) is 7.26. The minimum absolute atomic E-state index is 0.0307. The van der Waals surface area contributed by atoms with Gasteiger partial charge in [0.05, 0.1) is 5.02 Å². The van der Waals surface area contributed by atoms with Crippen molar-refractivity contribution < 1.29 is 14.0 Å². The Balaban J connectivity index is 1.75. The van der Waals surface area contributed by atoms with Crippen molar-refractivity contribution in [3.8, 4) is 11.1 Å². The van der Waals surface area contributed by atoms with E-state index in [2.05, 4.69) is 10.3 Å². The number of rotatable bonds is 5. The Bertz CT molecular complexity index is 867.